The van der Waals surface area contributed by atoms with Crippen molar-refractivity contribution in [1.82, 2.24) is 4.90 Å². The van der Waals surface area contributed by atoms with Gasteiger partial charge < -0.3 is 14.4 Å². The van der Waals surface area contributed by atoms with Crippen LogP contribution in [0, 0.1) is 0 Å². The topological polar surface area (TPSA) is 38.8 Å². The summed E-state index contributed by atoms with van der Waals surface area (Å²) in [6.07, 6.45) is -7.40. The summed E-state index contributed by atoms with van der Waals surface area (Å²) in [7, 11) is 0. The molecule has 1 heterocycles. The molecule has 8 heteroatoms. The molecule has 4 nitrogen and oxygen atoms in total. The highest BCUT2D eigenvalue weighted by Crippen LogP contribution is 2.29. The summed E-state index contributed by atoms with van der Waals surface area (Å²) in [5, 5.41) is 0. The van der Waals surface area contributed by atoms with E-state index in [0.29, 0.717) is 6.54 Å². The van der Waals surface area contributed by atoms with Gasteiger partial charge in [-0.05, 0) is 27.7 Å². The first-order chi connectivity index (χ1) is 8.90. The smallest absolute Gasteiger partial charge is 0.414 e. The van der Waals surface area contributed by atoms with Crippen molar-refractivity contribution in [3.63, 3.8) is 0 Å². The Morgan fingerprint density at radius 2 is 1.85 bits per heavy atom. The second kappa shape index (κ2) is 6.25. The van der Waals surface area contributed by atoms with Crippen LogP contribution >= 0.6 is 22.6 Å². The van der Waals surface area contributed by atoms with E-state index < -0.39 is 30.1 Å². The first-order valence-electron chi connectivity index (χ1n) is 6.24. The van der Waals surface area contributed by atoms with Crippen LogP contribution < -0.4 is 0 Å². The molecule has 1 saturated heterocycles. The Morgan fingerprint density at radius 1 is 1.30 bits per heavy atom. The Labute approximate surface area is 130 Å². The molecule has 1 aliphatic heterocycles. The zero-order valence-corrected chi connectivity index (χ0v) is 14.0. The number of carbonyl (C=O) groups is 1. The Kier molecular flexibility index (Phi) is 5.56. The fraction of sp³-hybridized carbons (Fsp3) is 0.917. The van der Waals surface area contributed by atoms with E-state index in [-0.39, 0.29) is 10.5 Å². The van der Waals surface area contributed by atoms with E-state index in [2.05, 4.69) is 0 Å². The monoisotopic (exact) mass is 409 g/mol. The van der Waals surface area contributed by atoms with Gasteiger partial charge in [0.1, 0.15) is 5.60 Å². The lowest BCUT2D eigenvalue weighted by Crippen LogP contribution is -2.38. The first-order valence-corrected chi connectivity index (χ1v) is 7.49. The van der Waals surface area contributed by atoms with E-state index in [1.807, 2.05) is 22.6 Å². The van der Waals surface area contributed by atoms with Gasteiger partial charge in [0.15, 0.2) is 6.10 Å². The molecule has 1 aliphatic rings. The standard InChI is InChI=1S/C12H19F3INO3/c1-7(12(13,14)15)19-9-6-17(5-8(9)16)10(18)20-11(2,3)4/h7-9H,5-6H2,1-4H3. The lowest BCUT2D eigenvalue weighted by atomic mass is 10.2. The number of hydrogen-bond donors (Lipinski definition) is 0. The Bertz CT molecular complexity index is 357. The van der Waals surface area contributed by atoms with Crippen molar-refractivity contribution < 1.29 is 27.4 Å². The van der Waals surface area contributed by atoms with Gasteiger partial charge >= 0.3 is 12.3 Å². The van der Waals surface area contributed by atoms with E-state index in [0.717, 1.165) is 6.92 Å². The van der Waals surface area contributed by atoms with Gasteiger partial charge in [-0.3, -0.25) is 0 Å². The highest BCUT2D eigenvalue weighted by Gasteiger charge is 2.43. The van der Waals surface area contributed by atoms with E-state index in [1.165, 1.54) is 4.90 Å². The average Bonchev–Trinajstić information content (AvgIpc) is 2.56. The van der Waals surface area contributed by atoms with Gasteiger partial charge in [-0.15, -0.1) is 0 Å². The third kappa shape index (κ3) is 5.27. The molecule has 1 rings (SSSR count). The minimum atomic E-state index is -4.39. The third-order valence-electron chi connectivity index (χ3n) is 2.69. The predicted molar refractivity (Wildman–Crippen MR) is 76.0 cm³/mol. The summed E-state index contributed by atoms with van der Waals surface area (Å²) >= 11 is 2.00. The van der Waals surface area contributed by atoms with Gasteiger partial charge in [-0.2, -0.15) is 13.2 Å². The number of rotatable bonds is 2. The molecule has 118 valence electrons. The molecule has 3 unspecified atom stereocenters. The van der Waals surface area contributed by atoms with Gasteiger partial charge in [-0.25, -0.2) is 4.79 Å². The molecule has 0 aromatic rings. The molecule has 0 saturated carbocycles. The van der Waals surface area contributed by atoms with Crippen LogP contribution in [0.25, 0.3) is 0 Å². The maximum atomic E-state index is 12.5. The predicted octanol–water partition coefficient (Wildman–Crippen LogP) is 3.38. The van der Waals surface area contributed by atoms with E-state index >= 15 is 0 Å². The number of hydrogen-bond acceptors (Lipinski definition) is 3. The number of ether oxygens (including phenoxy) is 2. The van der Waals surface area contributed by atoms with Gasteiger partial charge in [0, 0.05) is 6.54 Å². The van der Waals surface area contributed by atoms with Crippen LogP contribution in [0.1, 0.15) is 27.7 Å². The maximum absolute atomic E-state index is 12.5. The molecular weight excluding hydrogens is 390 g/mol. The summed E-state index contributed by atoms with van der Waals surface area (Å²) in [4.78, 5) is 13.2. The summed E-state index contributed by atoms with van der Waals surface area (Å²) in [5.74, 6) is 0. The second-order valence-corrected chi connectivity index (χ2v) is 7.36. The van der Waals surface area contributed by atoms with Crippen molar-refractivity contribution >= 4 is 28.7 Å². The quantitative estimate of drug-likeness (QED) is 0.519. The van der Waals surface area contributed by atoms with E-state index in [9.17, 15) is 18.0 Å². The minimum absolute atomic E-state index is 0.114. The molecule has 0 bridgehead atoms. The fourth-order valence-electron chi connectivity index (χ4n) is 1.68. The van der Waals surface area contributed by atoms with Crippen LogP contribution in [0.2, 0.25) is 0 Å². The molecule has 20 heavy (non-hydrogen) atoms. The average molecular weight is 409 g/mol. The minimum Gasteiger partial charge on any atom is -0.444 e. The highest BCUT2D eigenvalue weighted by molar-refractivity contribution is 14.1. The fourth-order valence-corrected chi connectivity index (χ4v) is 2.55. The normalized spacial score (nSPS) is 25.7. The van der Waals surface area contributed by atoms with Crippen molar-refractivity contribution in [2.75, 3.05) is 13.1 Å². The summed E-state index contributed by atoms with van der Waals surface area (Å²) in [6.45, 7) is 6.62. The summed E-state index contributed by atoms with van der Waals surface area (Å²) in [5.41, 5.74) is -0.629. The number of carbonyl (C=O) groups excluding carboxylic acids is 1. The van der Waals surface area contributed by atoms with E-state index in [4.69, 9.17) is 9.47 Å². The lowest BCUT2D eigenvalue weighted by Gasteiger charge is -2.25. The number of alkyl halides is 4. The lowest BCUT2D eigenvalue weighted by molar-refractivity contribution is -0.224. The summed E-state index contributed by atoms with van der Waals surface area (Å²) < 4.78 is 47.4. The molecule has 1 amide bonds. The number of likely N-dealkylation sites (tertiary alicyclic amines) is 1. The van der Waals surface area contributed by atoms with Gasteiger partial charge in [0.2, 0.25) is 0 Å². The Hall–Kier alpha value is -0.250. The molecule has 1 fully saturated rings. The number of amides is 1. The van der Waals surface area contributed by atoms with Crippen LogP contribution in [-0.4, -0.2) is 52.0 Å². The zero-order chi connectivity index (χ0) is 15.7. The SMILES string of the molecule is CC(OC1CN(C(=O)OC(C)(C)C)CC1I)C(F)(F)F. The van der Waals surface area contributed by atoms with Crippen molar-refractivity contribution in [2.45, 2.75) is 55.6 Å². The van der Waals surface area contributed by atoms with Crippen molar-refractivity contribution in [3.8, 4) is 0 Å². The highest BCUT2D eigenvalue weighted by atomic mass is 127. The zero-order valence-electron chi connectivity index (χ0n) is 11.8. The molecular formula is C12H19F3INO3. The van der Waals surface area contributed by atoms with E-state index in [1.54, 1.807) is 20.8 Å². The van der Waals surface area contributed by atoms with Crippen LogP contribution in [-0.2, 0) is 9.47 Å². The van der Waals surface area contributed by atoms with Crippen LogP contribution in [0.5, 0.6) is 0 Å². The van der Waals surface area contributed by atoms with Gasteiger partial charge in [0.25, 0.3) is 0 Å². The molecule has 0 radical (unpaired) electrons. The molecule has 0 aromatic heterocycles. The van der Waals surface area contributed by atoms with Crippen LogP contribution in [0.15, 0.2) is 0 Å². The molecule has 0 spiro atoms. The van der Waals surface area contributed by atoms with Gasteiger partial charge in [-0.1, -0.05) is 22.6 Å². The Balaban J connectivity index is 2.57. The molecule has 0 aromatic carbocycles. The maximum Gasteiger partial charge on any atom is 0.414 e. The molecule has 0 N–H and O–H groups in total. The van der Waals surface area contributed by atoms with Crippen molar-refractivity contribution in [1.29, 1.82) is 0 Å². The summed E-state index contributed by atoms with van der Waals surface area (Å²) in [6, 6.07) is 0. The largest absolute Gasteiger partial charge is 0.444 e. The molecule has 0 aliphatic carbocycles. The third-order valence-corrected chi connectivity index (χ3v) is 3.89. The molecule has 3 atom stereocenters. The van der Waals surface area contributed by atoms with Crippen molar-refractivity contribution in [2.24, 2.45) is 0 Å². The van der Waals surface area contributed by atoms with Crippen LogP contribution in [0.4, 0.5) is 18.0 Å². The number of halogens is 4. The Morgan fingerprint density at radius 3 is 2.30 bits per heavy atom. The number of nitrogens with zero attached hydrogens (tertiary/aromatic N) is 1. The van der Waals surface area contributed by atoms with Crippen LogP contribution in [0.3, 0.4) is 0 Å². The van der Waals surface area contributed by atoms with Crippen molar-refractivity contribution in [3.05, 3.63) is 0 Å². The second-order valence-electron chi connectivity index (χ2n) is 5.76. The van der Waals surface area contributed by atoms with Gasteiger partial charge in [0.05, 0.1) is 16.6 Å². The first kappa shape index (κ1) is 17.8.